The smallest absolute Gasteiger partial charge is 0.225 e. The highest BCUT2D eigenvalue weighted by Gasteiger charge is 2.34. The lowest BCUT2D eigenvalue weighted by molar-refractivity contribution is -0.133. The minimum absolute atomic E-state index is 0.379. The molecule has 3 aliphatic rings. The van der Waals surface area contributed by atoms with Crippen molar-refractivity contribution in [1.82, 2.24) is 9.80 Å². The normalized spacial score (nSPS) is 22.9. The Morgan fingerprint density at radius 2 is 1.50 bits per heavy atom. The molecule has 0 unspecified atom stereocenters. The Kier molecular flexibility index (Phi) is 4.88. The van der Waals surface area contributed by atoms with Crippen LogP contribution in [0.2, 0.25) is 0 Å². The maximum atomic E-state index is 12.1. The number of benzene rings is 1. The Hall–Kier alpha value is -1.35. The van der Waals surface area contributed by atoms with Crippen LogP contribution in [0.15, 0.2) is 24.3 Å². The molecule has 0 aromatic heterocycles. The molecule has 2 saturated heterocycles. The summed E-state index contributed by atoms with van der Waals surface area (Å²) in [6.07, 6.45) is 8.50. The molecular formula is C21H30N2O. The van der Waals surface area contributed by atoms with E-state index in [1.165, 1.54) is 56.3 Å². The molecule has 0 bridgehead atoms. The third-order valence-corrected chi connectivity index (χ3v) is 6.01. The Morgan fingerprint density at radius 3 is 2.12 bits per heavy atom. The zero-order chi connectivity index (χ0) is 16.4. The van der Waals surface area contributed by atoms with E-state index in [2.05, 4.69) is 34.1 Å². The Balaban J connectivity index is 1.24. The minimum Gasteiger partial charge on any atom is -0.342 e. The van der Waals surface area contributed by atoms with Crippen LogP contribution in [0.5, 0.6) is 0 Å². The van der Waals surface area contributed by atoms with Crippen molar-refractivity contribution in [3.05, 3.63) is 35.4 Å². The van der Waals surface area contributed by atoms with Crippen molar-refractivity contribution in [3.63, 3.8) is 0 Å². The first kappa shape index (κ1) is 16.1. The number of hydrogen-bond donors (Lipinski definition) is 0. The molecule has 1 aromatic carbocycles. The molecule has 0 radical (unpaired) electrons. The van der Waals surface area contributed by atoms with E-state index in [0.717, 1.165) is 38.4 Å². The van der Waals surface area contributed by atoms with Gasteiger partial charge in [-0.3, -0.25) is 9.69 Å². The van der Waals surface area contributed by atoms with Crippen molar-refractivity contribution >= 4 is 5.91 Å². The van der Waals surface area contributed by atoms with Gasteiger partial charge in [-0.1, -0.05) is 24.3 Å². The van der Waals surface area contributed by atoms with Gasteiger partial charge in [0.05, 0.1) is 0 Å². The summed E-state index contributed by atoms with van der Waals surface area (Å²) in [4.78, 5) is 16.8. The number of piperidine rings is 1. The van der Waals surface area contributed by atoms with Gasteiger partial charge in [-0.25, -0.2) is 0 Å². The van der Waals surface area contributed by atoms with Crippen molar-refractivity contribution < 1.29 is 4.79 Å². The lowest BCUT2D eigenvalue weighted by Gasteiger charge is -2.32. The molecule has 4 rings (SSSR count). The number of carbonyl (C=O) groups excluding carboxylic acids is 1. The fourth-order valence-electron chi connectivity index (χ4n) is 4.26. The van der Waals surface area contributed by atoms with Gasteiger partial charge in [0.2, 0.25) is 5.91 Å². The highest BCUT2D eigenvalue weighted by atomic mass is 16.2. The third kappa shape index (κ3) is 4.00. The standard InChI is InChI=1S/C21H30N2O/c24-21(20-7-8-20)23-13-9-18(10-14-23)15-17-3-5-19(6-4-17)16-22-11-1-2-12-22/h3-6,18,20H,1-2,7-16H2. The summed E-state index contributed by atoms with van der Waals surface area (Å²) >= 11 is 0. The van der Waals surface area contributed by atoms with Crippen molar-refractivity contribution in [2.45, 2.75) is 51.5 Å². The average Bonchev–Trinajstić information content (AvgIpc) is 3.34. The molecule has 2 heterocycles. The molecule has 3 nitrogen and oxygen atoms in total. The predicted octanol–water partition coefficient (Wildman–Crippen LogP) is 3.47. The SMILES string of the molecule is O=C(C1CC1)N1CCC(Cc2ccc(CN3CCCC3)cc2)CC1. The van der Waals surface area contributed by atoms with E-state index in [4.69, 9.17) is 0 Å². The van der Waals surface area contributed by atoms with Crippen molar-refractivity contribution in [2.24, 2.45) is 11.8 Å². The summed E-state index contributed by atoms with van der Waals surface area (Å²) in [5, 5.41) is 0. The molecule has 1 saturated carbocycles. The maximum absolute atomic E-state index is 12.1. The average molecular weight is 326 g/mol. The van der Waals surface area contributed by atoms with E-state index in [1.54, 1.807) is 0 Å². The summed E-state index contributed by atoms with van der Waals surface area (Å²) in [6, 6.07) is 9.29. The molecule has 0 N–H and O–H groups in total. The lowest BCUT2D eigenvalue weighted by atomic mass is 9.89. The number of amides is 1. The monoisotopic (exact) mass is 326 g/mol. The zero-order valence-corrected chi connectivity index (χ0v) is 14.8. The molecule has 2 aliphatic heterocycles. The zero-order valence-electron chi connectivity index (χ0n) is 14.8. The first-order valence-corrected chi connectivity index (χ1v) is 9.87. The molecule has 24 heavy (non-hydrogen) atoms. The molecule has 1 aliphatic carbocycles. The number of likely N-dealkylation sites (tertiary alicyclic amines) is 2. The molecule has 0 spiro atoms. The number of carbonyl (C=O) groups is 1. The summed E-state index contributed by atoms with van der Waals surface area (Å²) in [6.45, 7) is 5.60. The van der Waals surface area contributed by atoms with E-state index >= 15 is 0 Å². The van der Waals surface area contributed by atoms with Gasteiger partial charge in [0, 0.05) is 25.6 Å². The van der Waals surface area contributed by atoms with Gasteiger partial charge in [-0.05, 0) is 75.1 Å². The highest BCUT2D eigenvalue weighted by molar-refractivity contribution is 5.81. The quantitative estimate of drug-likeness (QED) is 0.827. The van der Waals surface area contributed by atoms with Gasteiger partial charge in [0.15, 0.2) is 0 Å². The van der Waals surface area contributed by atoms with Crippen LogP contribution >= 0.6 is 0 Å². The van der Waals surface area contributed by atoms with Crippen LogP contribution < -0.4 is 0 Å². The first-order chi connectivity index (χ1) is 11.8. The van der Waals surface area contributed by atoms with Gasteiger partial charge in [-0.15, -0.1) is 0 Å². The van der Waals surface area contributed by atoms with E-state index in [0.29, 0.717) is 11.8 Å². The van der Waals surface area contributed by atoms with Crippen LogP contribution in [-0.4, -0.2) is 41.9 Å². The Labute approximate surface area is 146 Å². The van der Waals surface area contributed by atoms with Crippen molar-refractivity contribution in [1.29, 1.82) is 0 Å². The van der Waals surface area contributed by atoms with E-state index in [1.807, 2.05) is 0 Å². The number of hydrogen-bond acceptors (Lipinski definition) is 2. The van der Waals surface area contributed by atoms with E-state index in [-0.39, 0.29) is 0 Å². The van der Waals surface area contributed by atoms with Gasteiger partial charge < -0.3 is 4.90 Å². The summed E-state index contributed by atoms with van der Waals surface area (Å²) < 4.78 is 0. The summed E-state index contributed by atoms with van der Waals surface area (Å²) in [5.41, 5.74) is 2.91. The number of nitrogens with zero attached hydrogens (tertiary/aromatic N) is 2. The molecule has 0 atom stereocenters. The largest absolute Gasteiger partial charge is 0.342 e. The molecule has 1 aromatic rings. The summed E-state index contributed by atoms with van der Waals surface area (Å²) in [7, 11) is 0. The van der Waals surface area contributed by atoms with Gasteiger partial charge in [0.25, 0.3) is 0 Å². The topological polar surface area (TPSA) is 23.6 Å². The van der Waals surface area contributed by atoms with Crippen LogP contribution in [0.3, 0.4) is 0 Å². The summed E-state index contributed by atoms with van der Waals surface area (Å²) in [5.74, 6) is 1.56. The predicted molar refractivity (Wildman–Crippen MR) is 96.7 cm³/mol. The van der Waals surface area contributed by atoms with Crippen LogP contribution in [0.4, 0.5) is 0 Å². The molecular weight excluding hydrogens is 296 g/mol. The second kappa shape index (κ2) is 7.26. The van der Waals surface area contributed by atoms with Gasteiger partial charge in [-0.2, -0.15) is 0 Å². The van der Waals surface area contributed by atoms with E-state index in [9.17, 15) is 4.79 Å². The second-order valence-corrected chi connectivity index (χ2v) is 8.05. The lowest BCUT2D eigenvalue weighted by Crippen LogP contribution is -2.39. The van der Waals surface area contributed by atoms with E-state index < -0.39 is 0 Å². The molecule has 130 valence electrons. The Morgan fingerprint density at radius 1 is 0.875 bits per heavy atom. The van der Waals surface area contributed by atoms with Crippen LogP contribution in [0.25, 0.3) is 0 Å². The molecule has 1 amide bonds. The Bertz CT molecular complexity index is 550. The van der Waals surface area contributed by atoms with Gasteiger partial charge >= 0.3 is 0 Å². The highest BCUT2D eigenvalue weighted by Crippen LogP contribution is 2.33. The number of rotatable bonds is 5. The van der Waals surface area contributed by atoms with Crippen LogP contribution in [0, 0.1) is 11.8 Å². The third-order valence-electron chi connectivity index (χ3n) is 6.01. The van der Waals surface area contributed by atoms with Crippen molar-refractivity contribution in [3.8, 4) is 0 Å². The molecule has 3 heteroatoms. The first-order valence-electron chi connectivity index (χ1n) is 9.87. The fourth-order valence-corrected chi connectivity index (χ4v) is 4.26. The second-order valence-electron chi connectivity index (χ2n) is 8.05. The minimum atomic E-state index is 0.379. The van der Waals surface area contributed by atoms with Crippen molar-refractivity contribution in [2.75, 3.05) is 26.2 Å². The van der Waals surface area contributed by atoms with Gasteiger partial charge in [0.1, 0.15) is 0 Å². The van der Waals surface area contributed by atoms with Crippen LogP contribution in [0.1, 0.15) is 49.7 Å². The fraction of sp³-hybridized carbons (Fsp3) is 0.667. The van der Waals surface area contributed by atoms with Crippen LogP contribution in [-0.2, 0) is 17.8 Å². The maximum Gasteiger partial charge on any atom is 0.225 e. The molecule has 3 fully saturated rings.